The van der Waals surface area contributed by atoms with Crippen LogP contribution in [0.3, 0.4) is 0 Å². The Labute approximate surface area is 119 Å². The van der Waals surface area contributed by atoms with E-state index in [-0.39, 0.29) is 11.7 Å². The van der Waals surface area contributed by atoms with Crippen molar-refractivity contribution in [3.63, 3.8) is 0 Å². The first kappa shape index (κ1) is 17.7. The summed E-state index contributed by atoms with van der Waals surface area (Å²) >= 11 is 0. The van der Waals surface area contributed by atoms with Gasteiger partial charge in [0, 0.05) is 0 Å². The number of hydrogen-bond donors (Lipinski definition) is 1. The molecule has 0 radical (unpaired) electrons. The zero-order valence-corrected chi connectivity index (χ0v) is 11.6. The van der Waals surface area contributed by atoms with Crippen LogP contribution in [0.2, 0.25) is 0 Å². The van der Waals surface area contributed by atoms with Gasteiger partial charge in [0.15, 0.2) is 0 Å². The molecule has 1 rings (SSSR count). The van der Waals surface area contributed by atoms with Crippen molar-refractivity contribution >= 4 is 0 Å². The number of ether oxygens (including phenoxy) is 1. The van der Waals surface area contributed by atoms with E-state index in [4.69, 9.17) is 4.74 Å². The summed E-state index contributed by atoms with van der Waals surface area (Å²) in [7, 11) is 0. The van der Waals surface area contributed by atoms with Crippen molar-refractivity contribution in [2.24, 2.45) is 0 Å². The third kappa shape index (κ3) is 4.84. The zero-order valence-electron chi connectivity index (χ0n) is 11.6. The van der Waals surface area contributed by atoms with E-state index in [0.29, 0.717) is 12.2 Å². The van der Waals surface area contributed by atoms with Gasteiger partial charge in [0.2, 0.25) is 0 Å². The van der Waals surface area contributed by atoms with Crippen LogP contribution in [0, 0.1) is 0 Å². The van der Waals surface area contributed by atoms with Crippen LogP contribution in [0.4, 0.5) is 22.0 Å². The molecule has 0 saturated carbocycles. The number of aliphatic hydroxyl groups is 1. The van der Waals surface area contributed by atoms with Gasteiger partial charge in [-0.2, -0.15) is 22.0 Å². The summed E-state index contributed by atoms with van der Waals surface area (Å²) in [5, 5.41) is 9.60. The van der Waals surface area contributed by atoms with Crippen LogP contribution >= 0.6 is 0 Å². The molecule has 21 heavy (non-hydrogen) atoms. The predicted molar refractivity (Wildman–Crippen MR) is 67.4 cm³/mol. The fraction of sp³-hybridized carbons (Fsp3) is 0.571. The van der Waals surface area contributed by atoms with Crippen molar-refractivity contribution in [1.29, 1.82) is 0 Å². The molecule has 0 aliphatic rings. The Hall–Kier alpha value is -1.37. The molecular weight excluding hydrogens is 295 g/mol. The Kier molecular flexibility index (Phi) is 5.55. The van der Waals surface area contributed by atoms with Gasteiger partial charge in [-0.15, -0.1) is 0 Å². The normalized spacial score (nSPS) is 15.6. The summed E-state index contributed by atoms with van der Waals surface area (Å²) in [5.41, 5.74) is -0.0419. The Bertz CT molecular complexity index is 459. The van der Waals surface area contributed by atoms with Crippen molar-refractivity contribution in [2.75, 3.05) is 0 Å². The second-order valence-electron chi connectivity index (χ2n) is 4.83. The minimum atomic E-state index is -5.68. The van der Waals surface area contributed by atoms with Crippen LogP contribution in [-0.4, -0.2) is 23.3 Å². The van der Waals surface area contributed by atoms with E-state index in [1.165, 1.54) is 18.2 Å². The molecule has 0 aliphatic carbocycles. The van der Waals surface area contributed by atoms with Crippen molar-refractivity contribution in [1.82, 2.24) is 0 Å². The number of rotatable bonds is 6. The standard InChI is InChI=1S/C14H17F5O2/c1-3-9(2)21-11-6-4-5-10(7-11)12(20)8-13(15,16)14(17,18)19/h4-7,9,12,20H,3,8H2,1-2H3. The van der Waals surface area contributed by atoms with Gasteiger partial charge >= 0.3 is 12.1 Å². The largest absolute Gasteiger partial charge is 0.491 e. The molecule has 0 saturated heterocycles. The van der Waals surface area contributed by atoms with E-state index in [9.17, 15) is 27.1 Å². The first-order valence-electron chi connectivity index (χ1n) is 6.46. The van der Waals surface area contributed by atoms with Crippen LogP contribution in [0.15, 0.2) is 24.3 Å². The molecule has 2 atom stereocenters. The summed E-state index contributed by atoms with van der Waals surface area (Å²) in [6, 6.07) is 5.52. The molecule has 0 spiro atoms. The smallest absolute Gasteiger partial charge is 0.453 e. The van der Waals surface area contributed by atoms with Gasteiger partial charge in [-0.25, -0.2) is 0 Å². The third-order valence-electron chi connectivity index (χ3n) is 3.02. The zero-order chi connectivity index (χ0) is 16.3. The Morgan fingerprint density at radius 1 is 1.19 bits per heavy atom. The van der Waals surface area contributed by atoms with Crippen LogP contribution in [0.5, 0.6) is 5.75 Å². The average molecular weight is 312 g/mol. The highest BCUT2D eigenvalue weighted by molar-refractivity contribution is 5.30. The van der Waals surface area contributed by atoms with Crippen LogP contribution in [-0.2, 0) is 0 Å². The van der Waals surface area contributed by atoms with Gasteiger partial charge in [-0.3, -0.25) is 0 Å². The first-order chi connectivity index (χ1) is 9.56. The fourth-order valence-electron chi connectivity index (χ4n) is 1.59. The monoisotopic (exact) mass is 312 g/mol. The van der Waals surface area contributed by atoms with Gasteiger partial charge < -0.3 is 9.84 Å². The van der Waals surface area contributed by atoms with E-state index >= 15 is 0 Å². The number of benzene rings is 1. The topological polar surface area (TPSA) is 29.5 Å². The molecule has 0 amide bonds. The van der Waals surface area contributed by atoms with E-state index in [1.54, 1.807) is 13.0 Å². The van der Waals surface area contributed by atoms with Crippen LogP contribution in [0.1, 0.15) is 38.4 Å². The summed E-state index contributed by atoms with van der Waals surface area (Å²) in [6.07, 6.45) is -8.75. The van der Waals surface area contributed by atoms with Gasteiger partial charge in [-0.1, -0.05) is 19.1 Å². The number of alkyl halides is 5. The lowest BCUT2D eigenvalue weighted by atomic mass is 10.0. The molecule has 1 aromatic carbocycles. The molecule has 7 heteroatoms. The Balaban J connectivity index is 2.84. The number of aliphatic hydroxyl groups excluding tert-OH is 1. The maximum Gasteiger partial charge on any atom is 0.453 e. The highest BCUT2D eigenvalue weighted by Crippen LogP contribution is 2.41. The van der Waals surface area contributed by atoms with Gasteiger partial charge in [-0.05, 0) is 31.0 Å². The summed E-state index contributed by atoms with van der Waals surface area (Å²) in [6.45, 7) is 3.67. The molecule has 2 unspecified atom stereocenters. The second-order valence-corrected chi connectivity index (χ2v) is 4.83. The van der Waals surface area contributed by atoms with E-state index in [2.05, 4.69) is 0 Å². The first-order valence-corrected chi connectivity index (χ1v) is 6.46. The molecule has 0 aromatic heterocycles. The minimum Gasteiger partial charge on any atom is -0.491 e. The van der Waals surface area contributed by atoms with E-state index < -0.39 is 24.6 Å². The van der Waals surface area contributed by atoms with Crippen molar-refractivity contribution in [3.05, 3.63) is 29.8 Å². The molecule has 0 bridgehead atoms. The summed E-state index contributed by atoms with van der Waals surface area (Å²) in [4.78, 5) is 0. The molecule has 0 aliphatic heterocycles. The third-order valence-corrected chi connectivity index (χ3v) is 3.02. The molecule has 0 heterocycles. The molecule has 1 aromatic rings. The predicted octanol–water partition coefficient (Wildman–Crippen LogP) is 4.49. The van der Waals surface area contributed by atoms with Crippen molar-refractivity contribution in [3.8, 4) is 5.75 Å². The maximum atomic E-state index is 12.9. The van der Waals surface area contributed by atoms with Gasteiger partial charge in [0.1, 0.15) is 5.75 Å². The van der Waals surface area contributed by atoms with Gasteiger partial charge in [0.25, 0.3) is 0 Å². The lowest BCUT2D eigenvalue weighted by Gasteiger charge is -2.23. The molecule has 120 valence electrons. The fourth-order valence-corrected chi connectivity index (χ4v) is 1.59. The number of halogens is 5. The highest BCUT2D eigenvalue weighted by Gasteiger charge is 2.58. The SMILES string of the molecule is CCC(C)Oc1cccc(C(O)CC(F)(F)C(F)(F)F)c1. The molecule has 0 fully saturated rings. The summed E-state index contributed by atoms with van der Waals surface area (Å²) < 4.78 is 67.6. The average Bonchev–Trinajstić information content (AvgIpc) is 2.37. The highest BCUT2D eigenvalue weighted by atomic mass is 19.4. The lowest BCUT2D eigenvalue weighted by Crippen LogP contribution is -2.37. The van der Waals surface area contributed by atoms with E-state index in [0.717, 1.165) is 0 Å². The Morgan fingerprint density at radius 3 is 2.33 bits per heavy atom. The molecule has 2 nitrogen and oxygen atoms in total. The van der Waals surface area contributed by atoms with Crippen molar-refractivity contribution < 1.29 is 31.8 Å². The van der Waals surface area contributed by atoms with E-state index in [1.807, 2.05) is 6.92 Å². The Morgan fingerprint density at radius 2 is 1.81 bits per heavy atom. The van der Waals surface area contributed by atoms with Crippen LogP contribution in [0.25, 0.3) is 0 Å². The lowest BCUT2D eigenvalue weighted by molar-refractivity contribution is -0.290. The summed E-state index contributed by atoms with van der Waals surface area (Å²) in [5.74, 6) is -4.63. The number of hydrogen-bond acceptors (Lipinski definition) is 2. The maximum absolute atomic E-state index is 12.9. The quantitative estimate of drug-likeness (QED) is 0.785. The van der Waals surface area contributed by atoms with Crippen molar-refractivity contribution in [2.45, 2.75) is 51.0 Å². The molecule has 1 N–H and O–H groups in total. The molecular formula is C14H17F5O2. The minimum absolute atomic E-state index is 0.0419. The van der Waals surface area contributed by atoms with Gasteiger partial charge in [0.05, 0.1) is 18.6 Å². The van der Waals surface area contributed by atoms with Crippen LogP contribution < -0.4 is 4.74 Å². The second kappa shape index (κ2) is 6.60.